The quantitative estimate of drug-likeness (QED) is 0.789. The van der Waals surface area contributed by atoms with Gasteiger partial charge in [0.1, 0.15) is 6.04 Å². The molecule has 132 valence electrons. The zero-order valence-corrected chi connectivity index (χ0v) is 14.9. The van der Waals surface area contributed by atoms with Crippen molar-refractivity contribution in [1.29, 1.82) is 0 Å². The maximum atomic E-state index is 12.3. The Morgan fingerprint density at radius 2 is 1.88 bits per heavy atom. The topological polar surface area (TPSA) is 69.6 Å². The van der Waals surface area contributed by atoms with Gasteiger partial charge in [-0.25, -0.2) is 0 Å². The van der Waals surface area contributed by atoms with Crippen LogP contribution in [0.2, 0.25) is 0 Å². The summed E-state index contributed by atoms with van der Waals surface area (Å²) in [5, 5.41) is 12.8. The van der Waals surface area contributed by atoms with Gasteiger partial charge in [-0.1, -0.05) is 30.3 Å². The van der Waals surface area contributed by atoms with Gasteiger partial charge in [-0.05, 0) is 31.7 Å². The molecular formula is C18H26N2O3S. The summed E-state index contributed by atoms with van der Waals surface area (Å²) in [6.45, 7) is 3.31. The molecule has 24 heavy (non-hydrogen) atoms. The Morgan fingerprint density at radius 1 is 1.21 bits per heavy atom. The molecule has 2 N–H and O–H groups in total. The molecule has 1 aliphatic rings. The Bertz CT molecular complexity index is 532. The van der Waals surface area contributed by atoms with E-state index >= 15 is 0 Å². The number of hydrogen-bond acceptors (Lipinski definition) is 4. The standard InChI is InChI=1S/C18H26N2O3S/c1-14(18(23)20-10-6-3-7-11-20)19-17(22)13-24-12-16(21)15-8-4-2-5-9-15/h2,4-5,8-9,14,16,21H,3,6-7,10-13H2,1H3,(H,19,22). The molecular weight excluding hydrogens is 324 g/mol. The summed E-state index contributed by atoms with van der Waals surface area (Å²) in [6, 6.07) is 8.90. The SMILES string of the molecule is CC(NC(=O)CSCC(O)c1ccccc1)C(=O)N1CCCCC1. The third kappa shape index (κ3) is 5.83. The number of carbonyl (C=O) groups excluding carboxylic acids is 2. The average molecular weight is 350 g/mol. The van der Waals surface area contributed by atoms with Crippen LogP contribution < -0.4 is 5.32 Å². The molecule has 0 bridgehead atoms. The Morgan fingerprint density at radius 3 is 2.54 bits per heavy atom. The van der Waals surface area contributed by atoms with Gasteiger partial charge < -0.3 is 15.3 Å². The molecule has 1 heterocycles. The minimum absolute atomic E-state index is 0.00243. The average Bonchev–Trinajstić information content (AvgIpc) is 2.62. The molecule has 0 radical (unpaired) electrons. The highest BCUT2D eigenvalue weighted by Crippen LogP contribution is 2.17. The smallest absolute Gasteiger partial charge is 0.244 e. The van der Waals surface area contributed by atoms with Gasteiger partial charge in [0, 0.05) is 18.8 Å². The number of benzene rings is 1. The Kier molecular flexibility index (Phi) is 7.59. The molecule has 2 amide bonds. The Hall–Kier alpha value is -1.53. The summed E-state index contributed by atoms with van der Waals surface area (Å²) < 4.78 is 0. The summed E-state index contributed by atoms with van der Waals surface area (Å²) in [4.78, 5) is 26.1. The lowest BCUT2D eigenvalue weighted by Gasteiger charge is -2.29. The summed E-state index contributed by atoms with van der Waals surface area (Å²) in [5.74, 6) is 0.517. The molecule has 1 fully saturated rings. The van der Waals surface area contributed by atoms with Crippen LogP contribution in [0.25, 0.3) is 0 Å². The molecule has 1 aromatic rings. The van der Waals surface area contributed by atoms with Crippen LogP contribution in [-0.4, -0.2) is 52.5 Å². The van der Waals surface area contributed by atoms with Crippen LogP contribution in [0.15, 0.2) is 30.3 Å². The van der Waals surface area contributed by atoms with E-state index in [0.29, 0.717) is 5.75 Å². The number of thioether (sulfide) groups is 1. The van der Waals surface area contributed by atoms with Crippen molar-refractivity contribution >= 4 is 23.6 Å². The van der Waals surface area contributed by atoms with Crippen molar-refractivity contribution in [2.75, 3.05) is 24.6 Å². The number of carbonyl (C=O) groups is 2. The molecule has 1 aromatic carbocycles. The largest absolute Gasteiger partial charge is 0.388 e. The number of aliphatic hydroxyl groups is 1. The summed E-state index contributed by atoms with van der Waals surface area (Å²) in [5.41, 5.74) is 0.846. The van der Waals surface area contributed by atoms with Gasteiger partial charge in [-0.2, -0.15) is 0 Å². The second-order valence-electron chi connectivity index (χ2n) is 6.12. The molecule has 0 saturated carbocycles. The van der Waals surface area contributed by atoms with E-state index in [1.807, 2.05) is 35.2 Å². The van der Waals surface area contributed by atoms with E-state index in [1.165, 1.54) is 18.2 Å². The molecule has 1 aliphatic heterocycles. The van der Waals surface area contributed by atoms with Crippen molar-refractivity contribution < 1.29 is 14.7 Å². The monoisotopic (exact) mass is 350 g/mol. The number of rotatable bonds is 7. The van der Waals surface area contributed by atoms with Crippen LogP contribution in [0, 0.1) is 0 Å². The fourth-order valence-electron chi connectivity index (χ4n) is 2.77. The summed E-state index contributed by atoms with van der Waals surface area (Å²) in [6.07, 6.45) is 2.67. The third-order valence-corrected chi connectivity index (χ3v) is 5.13. The van der Waals surface area contributed by atoms with Crippen molar-refractivity contribution in [3.63, 3.8) is 0 Å². The van der Waals surface area contributed by atoms with Gasteiger partial charge >= 0.3 is 0 Å². The molecule has 0 aromatic heterocycles. The van der Waals surface area contributed by atoms with Gasteiger partial charge in [-0.3, -0.25) is 9.59 Å². The van der Waals surface area contributed by atoms with Gasteiger partial charge in [0.2, 0.25) is 11.8 Å². The van der Waals surface area contributed by atoms with E-state index in [-0.39, 0.29) is 17.6 Å². The zero-order chi connectivity index (χ0) is 17.4. The molecule has 1 saturated heterocycles. The van der Waals surface area contributed by atoms with Crippen LogP contribution in [0.5, 0.6) is 0 Å². The first kappa shape index (κ1) is 18.8. The number of nitrogens with one attached hydrogen (secondary N) is 1. The highest BCUT2D eigenvalue weighted by atomic mass is 32.2. The number of piperidine rings is 1. The molecule has 0 aliphatic carbocycles. The first-order valence-electron chi connectivity index (χ1n) is 8.47. The number of hydrogen-bond donors (Lipinski definition) is 2. The lowest BCUT2D eigenvalue weighted by atomic mass is 10.1. The normalized spacial score (nSPS) is 17.2. The van der Waals surface area contributed by atoms with Crippen LogP contribution in [0.4, 0.5) is 0 Å². The van der Waals surface area contributed by atoms with E-state index in [4.69, 9.17) is 0 Å². The Balaban J connectivity index is 1.68. The number of nitrogens with zero attached hydrogens (tertiary/aromatic N) is 1. The van der Waals surface area contributed by atoms with E-state index in [0.717, 1.165) is 31.5 Å². The second kappa shape index (κ2) is 9.69. The van der Waals surface area contributed by atoms with E-state index in [1.54, 1.807) is 6.92 Å². The number of aliphatic hydroxyl groups excluding tert-OH is 1. The maximum Gasteiger partial charge on any atom is 0.244 e. The van der Waals surface area contributed by atoms with Crippen LogP contribution in [0.1, 0.15) is 37.9 Å². The second-order valence-corrected chi connectivity index (χ2v) is 7.15. The van der Waals surface area contributed by atoms with Crippen LogP contribution in [0.3, 0.4) is 0 Å². The number of likely N-dealkylation sites (tertiary alicyclic amines) is 1. The summed E-state index contributed by atoms with van der Waals surface area (Å²) >= 11 is 1.37. The van der Waals surface area contributed by atoms with E-state index < -0.39 is 12.1 Å². The first-order chi connectivity index (χ1) is 11.6. The van der Waals surface area contributed by atoms with Gasteiger partial charge in [0.05, 0.1) is 11.9 Å². The fraction of sp³-hybridized carbons (Fsp3) is 0.556. The van der Waals surface area contributed by atoms with E-state index in [9.17, 15) is 14.7 Å². The van der Waals surface area contributed by atoms with E-state index in [2.05, 4.69) is 5.32 Å². The van der Waals surface area contributed by atoms with Gasteiger partial charge in [-0.15, -0.1) is 11.8 Å². The minimum atomic E-state index is -0.587. The Labute approximate surface area is 147 Å². The molecule has 6 heteroatoms. The van der Waals surface area contributed by atoms with Crippen LogP contribution >= 0.6 is 11.8 Å². The highest BCUT2D eigenvalue weighted by Gasteiger charge is 2.23. The maximum absolute atomic E-state index is 12.3. The van der Waals surface area contributed by atoms with Gasteiger partial charge in [0.25, 0.3) is 0 Å². The highest BCUT2D eigenvalue weighted by molar-refractivity contribution is 7.99. The van der Waals surface area contributed by atoms with Crippen molar-refractivity contribution in [3.8, 4) is 0 Å². The molecule has 2 atom stereocenters. The lowest BCUT2D eigenvalue weighted by molar-refractivity contribution is -0.136. The molecule has 2 unspecified atom stereocenters. The zero-order valence-electron chi connectivity index (χ0n) is 14.1. The molecule has 2 rings (SSSR count). The predicted octanol–water partition coefficient (Wildman–Crippen LogP) is 1.97. The van der Waals surface area contributed by atoms with Crippen molar-refractivity contribution in [1.82, 2.24) is 10.2 Å². The van der Waals surface area contributed by atoms with Gasteiger partial charge in [0.15, 0.2) is 0 Å². The van der Waals surface area contributed by atoms with Crippen molar-refractivity contribution in [2.24, 2.45) is 0 Å². The molecule has 0 spiro atoms. The van der Waals surface area contributed by atoms with Crippen molar-refractivity contribution in [3.05, 3.63) is 35.9 Å². The lowest BCUT2D eigenvalue weighted by Crippen LogP contribution is -2.48. The van der Waals surface area contributed by atoms with Crippen molar-refractivity contribution in [2.45, 2.75) is 38.3 Å². The van der Waals surface area contributed by atoms with Crippen LogP contribution in [-0.2, 0) is 9.59 Å². The minimum Gasteiger partial charge on any atom is -0.388 e. The summed E-state index contributed by atoms with van der Waals surface area (Å²) in [7, 11) is 0. The fourth-order valence-corrected chi connectivity index (χ4v) is 3.57. The third-order valence-electron chi connectivity index (χ3n) is 4.11. The number of amides is 2. The first-order valence-corrected chi connectivity index (χ1v) is 9.62. The predicted molar refractivity (Wildman–Crippen MR) is 96.8 cm³/mol. The molecule has 5 nitrogen and oxygen atoms in total.